The zero-order chi connectivity index (χ0) is 24.5. The number of aliphatic hydroxyl groups excluding tert-OH is 1. The van der Waals surface area contributed by atoms with Crippen LogP contribution in [0.2, 0.25) is 0 Å². The number of anilines is 1. The summed E-state index contributed by atoms with van der Waals surface area (Å²) in [6.45, 7) is -0.508. The zero-order valence-electron chi connectivity index (χ0n) is 19.3. The molecule has 1 aliphatic rings. The summed E-state index contributed by atoms with van der Waals surface area (Å²) in [5.41, 5.74) is 6.18. The van der Waals surface area contributed by atoms with Gasteiger partial charge >= 0.3 is 0 Å². The molecule has 4 rings (SSSR count). The summed E-state index contributed by atoms with van der Waals surface area (Å²) in [5.74, 6) is 0.772. The number of nitrogens with two attached hydrogens (primary N) is 1. The third-order valence-electron chi connectivity index (χ3n) is 5.87. The van der Waals surface area contributed by atoms with Crippen molar-refractivity contribution in [3.8, 4) is 5.75 Å². The number of hydrogen-bond acceptors (Lipinski definition) is 10. The Kier molecular flexibility index (Phi) is 6.66. The Morgan fingerprint density at radius 1 is 1.35 bits per heavy atom. The van der Waals surface area contributed by atoms with Crippen molar-refractivity contribution in [1.29, 1.82) is 0 Å². The minimum absolute atomic E-state index is 0.0357. The maximum Gasteiger partial charge on any atom is 0.239 e. The first kappa shape index (κ1) is 23.8. The number of nitrogens with one attached hydrogen (secondary N) is 1. The molecule has 1 aliphatic heterocycles. The highest BCUT2D eigenvalue weighted by molar-refractivity contribution is 5.83. The second kappa shape index (κ2) is 9.50. The van der Waals surface area contributed by atoms with Crippen molar-refractivity contribution in [2.75, 3.05) is 32.7 Å². The predicted molar refractivity (Wildman–Crippen MR) is 123 cm³/mol. The fraction of sp³-hybridized carbons (Fsp3) is 0.455. The van der Waals surface area contributed by atoms with Crippen molar-refractivity contribution in [1.82, 2.24) is 24.8 Å². The van der Waals surface area contributed by atoms with Gasteiger partial charge in [0.25, 0.3) is 0 Å². The van der Waals surface area contributed by atoms with E-state index < -0.39 is 36.6 Å². The summed E-state index contributed by atoms with van der Waals surface area (Å²) in [4.78, 5) is 27.6. The van der Waals surface area contributed by atoms with Crippen molar-refractivity contribution in [3.63, 3.8) is 0 Å². The molecule has 0 unspecified atom stereocenters. The van der Waals surface area contributed by atoms with Crippen LogP contribution in [0.15, 0.2) is 36.9 Å². The smallest absolute Gasteiger partial charge is 0.239 e. The topological polar surface area (TPSA) is 161 Å². The number of carbonyl (C=O) groups excluding carboxylic acids is 1. The first-order valence-electron chi connectivity index (χ1n) is 10.8. The Labute approximate surface area is 196 Å². The normalized spacial score (nSPS) is 23.1. The number of aromatic nitrogens is 4. The molecular weight excluding hydrogens is 442 g/mol. The van der Waals surface area contributed by atoms with Crippen LogP contribution >= 0.6 is 0 Å². The van der Waals surface area contributed by atoms with E-state index in [0.29, 0.717) is 22.7 Å². The fourth-order valence-electron chi connectivity index (χ4n) is 4.03. The molecule has 1 fully saturated rings. The summed E-state index contributed by atoms with van der Waals surface area (Å²) in [5, 5.41) is 23.6. The summed E-state index contributed by atoms with van der Waals surface area (Å²) >= 11 is 0. The Morgan fingerprint density at radius 3 is 2.74 bits per heavy atom. The van der Waals surface area contributed by atoms with E-state index in [9.17, 15) is 15.0 Å². The minimum Gasteiger partial charge on any atom is -0.497 e. The van der Waals surface area contributed by atoms with Crippen LogP contribution in [-0.2, 0) is 16.0 Å². The monoisotopic (exact) mass is 471 g/mol. The van der Waals surface area contributed by atoms with Gasteiger partial charge in [0.15, 0.2) is 22.7 Å². The van der Waals surface area contributed by atoms with Gasteiger partial charge in [0.2, 0.25) is 5.91 Å². The SMILES string of the molecule is COc1ccc(C[C@H](N)C(=O)N[C@]2(O)C[C@H](n3cnc4c(N(C)C)ncnc43)O[C@@H]2CO)cc1. The Hall–Kier alpha value is -3.32. The highest BCUT2D eigenvalue weighted by atomic mass is 16.6. The minimum atomic E-state index is -1.83. The van der Waals surface area contributed by atoms with Crippen LogP contribution < -0.4 is 20.7 Å². The number of aliphatic hydroxyl groups is 2. The second-order valence-electron chi connectivity index (χ2n) is 8.45. The van der Waals surface area contributed by atoms with Crippen molar-refractivity contribution in [2.24, 2.45) is 5.73 Å². The van der Waals surface area contributed by atoms with Crippen molar-refractivity contribution in [3.05, 3.63) is 42.5 Å². The predicted octanol–water partition coefficient (Wildman–Crippen LogP) is -0.444. The maximum absolute atomic E-state index is 12.8. The van der Waals surface area contributed by atoms with Crippen LogP contribution in [0.1, 0.15) is 18.2 Å². The number of hydrogen-bond donors (Lipinski definition) is 4. The number of rotatable bonds is 8. The first-order chi connectivity index (χ1) is 16.3. The molecule has 3 aromatic rings. The number of fused-ring (bicyclic) bond motifs is 1. The van der Waals surface area contributed by atoms with E-state index in [2.05, 4.69) is 20.3 Å². The van der Waals surface area contributed by atoms with E-state index in [1.165, 1.54) is 12.7 Å². The average Bonchev–Trinajstić information content (AvgIpc) is 3.39. The van der Waals surface area contributed by atoms with Crippen molar-refractivity contribution in [2.45, 2.75) is 36.9 Å². The molecular formula is C22H29N7O5. The van der Waals surface area contributed by atoms with E-state index >= 15 is 0 Å². The molecule has 0 spiro atoms. The molecule has 1 saturated heterocycles. The number of ether oxygens (including phenoxy) is 2. The van der Waals surface area contributed by atoms with Crippen molar-refractivity contribution < 1.29 is 24.5 Å². The van der Waals surface area contributed by atoms with Crippen LogP contribution in [0.25, 0.3) is 11.2 Å². The first-order valence-corrected chi connectivity index (χ1v) is 10.8. The van der Waals surface area contributed by atoms with Gasteiger partial charge < -0.3 is 35.6 Å². The van der Waals surface area contributed by atoms with E-state index in [0.717, 1.165) is 5.56 Å². The van der Waals surface area contributed by atoms with Gasteiger partial charge in [-0.2, -0.15) is 0 Å². The number of benzene rings is 1. The summed E-state index contributed by atoms with van der Waals surface area (Å²) in [6, 6.07) is 6.29. The molecule has 4 atom stereocenters. The summed E-state index contributed by atoms with van der Waals surface area (Å²) in [7, 11) is 5.26. The lowest BCUT2D eigenvalue weighted by Gasteiger charge is -2.29. The number of imidazole rings is 1. The van der Waals surface area contributed by atoms with Gasteiger partial charge in [-0.05, 0) is 24.1 Å². The quantitative estimate of drug-likeness (QED) is 0.317. The van der Waals surface area contributed by atoms with Gasteiger partial charge in [-0.3, -0.25) is 9.36 Å². The molecule has 182 valence electrons. The summed E-state index contributed by atoms with van der Waals surface area (Å²) in [6.07, 6.45) is 1.38. The third-order valence-corrected chi connectivity index (χ3v) is 5.87. The van der Waals surface area contributed by atoms with Gasteiger partial charge in [0, 0.05) is 20.5 Å². The zero-order valence-corrected chi connectivity index (χ0v) is 19.3. The van der Waals surface area contributed by atoms with Gasteiger partial charge in [-0.15, -0.1) is 0 Å². The lowest BCUT2D eigenvalue weighted by Crippen LogP contribution is -2.59. The van der Waals surface area contributed by atoms with E-state index in [1.54, 1.807) is 23.8 Å². The van der Waals surface area contributed by atoms with Crippen LogP contribution in [0, 0.1) is 0 Å². The molecule has 5 N–H and O–H groups in total. The molecule has 1 aromatic carbocycles. The van der Waals surface area contributed by atoms with Gasteiger partial charge in [-0.1, -0.05) is 12.1 Å². The number of carbonyl (C=O) groups is 1. The Morgan fingerprint density at radius 2 is 2.09 bits per heavy atom. The molecule has 12 heteroatoms. The fourth-order valence-corrected chi connectivity index (χ4v) is 4.03. The third kappa shape index (κ3) is 4.53. The van der Waals surface area contributed by atoms with Gasteiger partial charge in [-0.25, -0.2) is 15.0 Å². The van der Waals surface area contributed by atoms with Crippen LogP contribution in [-0.4, -0.2) is 81.3 Å². The average molecular weight is 472 g/mol. The highest BCUT2D eigenvalue weighted by Crippen LogP contribution is 2.37. The standard InChI is InChI=1S/C22H29N7O5/c1-28(2)19-18-20(25-11-24-19)29(12-26-18)17-9-22(32,16(10-30)34-17)27-21(31)15(23)8-13-4-6-14(33-3)7-5-13/h4-7,11-12,15-17,30,32H,8-10,23H2,1-3H3,(H,27,31)/t15-,16+,17+,22-/m0/s1. The Balaban J connectivity index is 1.49. The van der Waals surface area contributed by atoms with Crippen LogP contribution in [0.5, 0.6) is 5.75 Å². The van der Waals surface area contributed by atoms with Gasteiger partial charge in [0.05, 0.1) is 26.1 Å². The maximum atomic E-state index is 12.8. The number of amides is 1. The number of nitrogens with zero attached hydrogens (tertiary/aromatic N) is 5. The largest absolute Gasteiger partial charge is 0.497 e. The van der Waals surface area contributed by atoms with Crippen LogP contribution in [0.3, 0.4) is 0 Å². The highest BCUT2D eigenvalue weighted by Gasteiger charge is 2.49. The lowest BCUT2D eigenvalue weighted by molar-refractivity contribution is -0.137. The molecule has 0 saturated carbocycles. The molecule has 12 nitrogen and oxygen atoms in total. The van der Waals surface area contributed by atoms with Crippen LogP contribution in [0.4, 0.5) is 5.82 Å². The molecule has 0 radical (unpaired) electrons. The summed E-state index contributed by atoms with van der Waals surface area (Å²) < 4.78 is 12.7. The van der Waals surface area contributed by atoms with Gasteiger partial charge in [0.1, 0.15) is 24.4 Å². The molecule has 3 heterocycles. The molecule has 0 bridgehead atoms. The van der Waals surface area contributed by atoms with E-state index in [4.69, 9.17) is 15.2 Å². The molecule has 1 amide bonds. The number of methoxy groups -OCH3 is 1. The second-order valence-corrected chi connectivity index (χ2v) is 8.45. The lowest BCUT2D eigenvalue weighted by atomic mass is 10.0. The van der Waals surface area contributed by atoms with Crippen molar-refractivity contribution >= 4 is 22.9 Å². The molecule has 34 heavy (non-hydrogen) atoms. The van der Waals surface area contributed by atoms with E-state index in [1.807, 2.05) is 31.1 Å². The molecule has 0 aliphatic carbocycles. The molecule has 2 aromatic heterocycles. The Bertz CT molecular complexity index is 1150. The van der Waals surface area contributed by atoms with E-state index in [-0.39, 0.29) is 12.8 Å².